The highest BCUT2D eigenvalue weighted by atomic mass is 31.2. The number of rotatable bonds is 24. The van der Waals surface area contributed by atoms with E-state index in [1.165, 1.54) is 57.8 Å². The van der Waals surface area contributed by atoms with Crippen molar-refractivity contribution in [3.05, 3.63) is 12.2 Å². The first-order valence-electron chi connectivity index (χ1n) is 12.7. The quantitative estimate of drug-likeness (QED) is 0.0764. The van der Waals surface area contributed by atoms with Gasteiger partial charge in [0.15, 0.2) is 0 Å². The Morgan fingerprint density at radius 3 is 2.15 bits per heavy atom. The molecule has 0 bridgehead atoms. The van der Waals surface area contributed by atoms with Crippen LogP contribution in [0, 0.1) is 0 Å². The molecule has 0 aliphatic rings. The summed E-state index contributed by atoms with van der Waals surface area (Å²) in [5, 5.41) is 0. The molecule has 0 radical (unpaired) electrons. The highest BCUT2D eigenvalue weighted by molar-refractivity contribution is 7.47. The molecule has 9 heteroatoms. The number of carbonyl (C=O) groups excluding carboxylic acids is 1. The number of carbonyl (C=O) groups is 1. The van der Waals surface area contributed by atoms with Crippen LogP contribution >= 0.6 is 7.82 Å². The summed E-state index contributed by atoms with van der Waals surface area (Å²) < 4.78 is 32.3. The SMILES string of the molecule is CCCCC/C=C\CCCCCCCCOCC(COP(=O)(O)OCCN)OC(=O)CCC. The van der Waals surface area contributed by atoms with Crippen LogP contribution in [0.1, 0.15) is 97.3 Å². The number of hydrogen-bond acceptors (Lipinski definition) is 7. The number of hydrogen-bond donors (Lipinski definition) is 2. The van der Waals surface area contributed by atoms with Gasteiger partial charge in [0.1, 0.15) is 6.10 Å². The van der Waals surface area contributed by atoms with Crippen LogP contribution in [0.4, 0.5) is 0 Å². The van der Waals surface area contributed by atoms with Crippen LogP contribution in [0.2, 0.25) is 0 Å². The van der Waals surface area contributed by atoms with Gasteiger partial charge in [-0.25, -0.2) is 4.57 Å². The van der Waals surface area contributed by atoms with Crippen LogP contribution < -0.4 is 5.73 Å². The van der Waals surface area contributed by atoms with E-state index in [0.29, 0.717) is 13.0 Å². The van der Waals surface area contributed by atoms with Gasteiger partial charge in [-0.3, -0.25) is 13.8 Å². The lowest BCUT2D eigenvalue weighted by Gasteiger charge is -2.19. The minimum absolute atomic E-state index is 0.0969. The molecular formula is C24H48NO7P. The molecule has 0 saturated heterocycles. The zero-order chi connectivity index (χ0) is 24.6. The number of esters is 1. The van der Waals surface area contributed by atoms with Gasteiger partial charge in [0.05, 0.1) is 19.8 Å². The van der Waals surface area contributed by atoms with E-state index in [9.17, 15) is 14.3 Å². The zero-order valence-corrected chi connectivity index (χ0v) is 21.8. The third-order valence-electron chi connectivity index (χ3n) is 4.90. The van der Waals surface area contributed by atoms with Crippen LogP contribution in [0.3, 0.4) is 0 Å². The summed E-state index contributed by atoms with van der Waals surface area (Å²) in [5.41, 5.74) is 5.26. The summed E-state index contributed by atoms with van der Waals surface area (Å²) in [6.07, 6.45) is 18.0. The fourth-order valence-corrected chi connectivity index (χ4v) is 3.85. The second-order valence-corrected chi connectivity index (χ2v) is 9.65. The fraction of sp³-hybridized carbons (Fsp3) is 0.875. The summed E-state index contributed by atoms with van der Waals surface area (Å²) in [4.78, 5) is 21.4. The summed E-state index contributed by atoms with van der Waals surface area (Å²) in [5.74, 6) is -0.388. The van der Waals surface area contributed by atoms with E-state index in [0.717, 1.165) is 12.8 Å². The lowest BCUT2D eigenvalue weighted by atomic mass is 10.1. The molecule has 0 aromatic carbocycles. The molecule has 0 fully saturated rings. The molecule has 8 nitrogen and oxygen atoms in total. The van der Waals surface area contributed by atoms with Gasteiger partial charge < -0.3 is 20.1 Å². The Morgan fingerprint density at radius 1 is 0.879 bits per heavy atom. The minimum atomic E-state index is -4.23. The molecule has 0 aromatic heterocycles. The van der Waals surface area contributed by atoms with Crippen LogP contribution in [0.25, 0.3) is 0 Å². The summed E-state index contributed by atoms with van der Waals surface area (Å²) >= 11 is 0. The number of unbranched alkanes of at least 4 members (excludes halogenated alkanes) is 9. The van der Waals surface area contributed by atoms with Gasteiger partial charge in [-0.1, -0.05) is 64.5 Å². The van der Waals surface area contributed by atoms with Crippen molar-refractivity contribution >= 4 is 13.8 Å². The Kier molecular flexibility index (Phi) is 22.5. The molecular weight excluding hydrogens is 445 g/mol. The van der Waals surface area contributed by atoms with Crippen molar-refractivity contribution in [2.75, 3.05) is 33.0 Å². The minimum Gasteiger partial charge on any atom is -0.457 e. The maximum Gasteiger partial charge on any atom is 0.472 e. The van der Waals surface area contributed by atoms with E-state index in [4.69, 9.17) is 24.3 Å². The predicted molar refractivity (Wildman–Crippen MR) is 132 cm³/mol. The number of allylic oxidation sites excluding steroid dienone is 2. The van der Waals surface area contributed by atoms with Gasteiger partial charge in [0.25, 0.3) is 0 Å². The molecule has 3 N–H and O–H groups in total. The molecule has 33 heavy (non-hydrogen) atoms. The standard InChI is InChI=1S/C24H48NO7P/c1-3-5-6-7-8-9-10-11-12-13-14-15-16-19-29-21-23(32-24(26)17-4-2)22-31-33(27,28)30-20-18-25/h8-9,23H,3-7,10-22,25H2,1-2H3,(H,27,28)/b9-8-. The van der Waals surface area contributed by atoms with Gasteiger partial charge in [-0.2, -0.15) is 0 Å². The van der Waals surface area contributed by atoms with E-state index in [1.807, 2.05) is 6.92 Å². The topological polar surface area (TPSA) is 117 Å². The third kappa shape index (κ3) is 22.8. The molecule has 2 atom stereocenters. The molecule has 0 aliphatic carbocycles. The number of nitrogens with two attached hydrogens (primary N) is 1. The highest BCUT2D eigenvalue weighted by Gasteiger charge is 2.24. The molecule has 2 unspecified atom stereocenters. The molecule has 0 aromatic rings. The van der Waals surface area contributed by atoms with E-state index in [2.05, 4.69) is 19.1 Å². The molecule has 0 rings (SSSR count). The molecule has 0 amide bonds. The second kappa shape index (κ2) is 23.0. The first kappa shape index (κ1) is 32.2. The summed E-state index contributed by atoms with van der Waals surface area (Å²) in [7, 11) is -4.23. The van der Waals surface area contributed by atoms with Crippen molar-refractivity contribution in [3.63, 3.8) is 0 Å². The van der Waals surface area contributed by atoms with Gasteiger partial charge in [-0.05, 0) is 38.5 Å². The maximum absolute atomic E-state index is 11.8. The fourth-order valence-electron chi connectivity index (χ4n) is 3.08. The normalized spacial score (nSPS) is 14.4. The maximum atomic E-state index is 11.8. The Morgan fingerprint density at radius 2 is 1.52 bits per heavy atom. The van der Waals surface area contributed by atoms with Crippen molar-refractivity contribution in [2.24, 2.45) is 5.73 Å². The average molecular weight is 494 g/mol. The Labute approximate surface area is 201 Å². The molecule has 0 saturated carbocycles. The van der Waals surface area contributed by atoms with Gasteiger partial charge in [-0.15, -0.1) is 0 Å². The zero-order valence-electron chi connectivity index (χ0n) is 20.9. The van der Waals surface area contributed by atoms with Crippen molar-refractivity contribution < 1.29 is 32.8 Å². The number of ether oxygens (including phenoxy) is 2. The Bertz CT molecular complexity index is 531. The summed E-state index contributed by atoms with van der Waals surface area (Å²) in [6.45, 7) is 4.48. The molecule has 0 spiro atoms. The molecule has 0 aliphatic heterocycles. The van der Waals surface area contributed by atoms with Crippen molar-refractivity contribution in [3.8, 4) is 0 Å². The lowest BCUT2D eigenvalue weighted by molar-refractivity contribution is -0.154. The van der Waals surface area contributed by atoms with Crippen LogP contribution in [-0.2, 0) is 27.9 Å². The number of phosphoric ester groups is 1. The molecule has 0 heterocycles. The van der Waals surface area contributed by atoms with Crippen LogP contribution in [-0.4, -0.2) is 49.9 Å². The van der Waals surface area contributed by atoms with Crippen molar-refractivity contribution in [2.45, 2.75) is 103 Å². The average Bonchev–Trinajstić information content (AvgIpc) is 2.78. The second-order valence-electron chi connectivity index (χ2n) is 8.20. The monoisotopic (exact) mass is 493 g/mol. The van der Waals surface area contributed by atoms with Crippen molar-refractivity contribution in [1.29, 1.82) is 0 Å². The highest BCUT2D eigenvalue weighted by Crippen LogP contribution is 2.43. The van der Waals surface area contributed by atoms with Gasteiger partial charge in [0.2, 0.25) is 0 Å². The summed E-state index contributed by atoms with van der Waals surface area (Å²) in [6, 6.07) is 0. The van der Waals surface area contributed by atoms with Gasteiger partial charge in [0, 0.05) is 19.6 Å². The van der Waals surface area contributed by atoms with E-state index in [1.54, 1.807) is 0 Å². The Hall–Kier alpha value is -0.760. The first-order chi connectivity index (χ1) is 15.9. The van der Waals surface area contributed by atoms with Crippen molar-refractivity contribution in [1.82, 2.24) is 0 Å². The largest absolute Gasteiger partial charge is 0.472 e. The smallest absolute Gasteiger partial charge is 0.457 e. The van der Waals surface area contributed by atoms with Crippen LogP contribution in [0.15, 0.2) is 12.2 Å². The van der Waals surface area contributed by atoms with E-state index >= 15 is 0 Å². The van der Waals surface area contributed by atoms with E-state index in [-0.39, 0.29) is 38.8 Å². The first-order valence-corrected chi connectivity index (χ1v) is 14.2. The van der Waals surface area contributed by atoms with Crippen LogP contribution in [0.5, 0.6) is 0 Å². The van der Waals surface area contributed by atoms with Gasteiger partial charge >= 0.3 is 13.8 Å². The lowest BCUT2D eigenvalue weighted by Crippen LogP contribution is -2.28. The molecule has 196 valence electrons. The number of phosphoric acid groups is 1. The Balaban J connectivity index is 3.91. The van der Waals surface area contributed by atoms with E-state index < -0.39 is 13.9 Å². The third-order valence-corrected chi connectivity index (χ3v) is 5.89. The predicted octanol–water partition coefficient (Wildman–Crippen LogP) is 5.67.